The molecule has 0 saturated heterocycles. The minimum absolute atomic E-state index is 0.443. The molecule has 0 aliphatic rings. The Bertz CT molecular complexity index is 1080. The highest BCUT2D eigenvalue weighted by atomic mass is 35.5. The third kappa shape index (κ3) is 5.44. The van der Waals surface area contributed by atoms with Crippen LogP contribution in [0, 0.1) is 13.8 Å². The van der Waals surface area contributed by atoms with E-state index in [0.717, 1.165) is 11.4 Å². The lowest BCUT2D eigenvalue weighted by atomic mass is 10.1. The standard InChI is InChI=1S/C23H24ClN3O4/c1-15-21(16(2)27(26-15)18-8-6-5-7-9-18)25-20(28)14-30-22(29)23(3,4)31-19-12-10-17(24)11-13-19/h5-13H,14H2,1-4H3,(H,25,28). The Morgan fingerprint density at radius 1 is 1.06 bits per heavy atom. The Hall–Kier alpha value is -3.32. The summed E-state index contributed by atoms with van der Waals surface area (Å²) in [6.07, 6.45) is 0. The first-order chi connectivity index (χ1) is 14.7. The molecule has 0 radical (unpaired) electrons. The Kier molecular flexibility index (Phi) is 6.65. The maximum Gasteiger partial charge on any atom is 0.350 e. The van der Waals surface area contributed by atoms with Gasteiger partial charge in [-0.1, -0.05) is 29.8 Å². The average molecular weight is 442 g/mol. The van der Waals surface area contributed by atoms with Crippen LogP contribution in [0.3, 0.4) is 0 Å². The van der Waals surface area contributed by atoms with Gasteiger partial charge in [0, 0.05) is 5.02 Å². The van der Waals surface area contributed by atoms with Gasteiger partial charge < -0.3 is 14.8 Å². The van der Waals surface area contributed by atoms with Gasteiger partial charge in [0.05, 0.1) is 22.8 Å². The monoisotopic (exact) mass is 441 g/mol. The second-order valence-corrected chi connectivity index (χ2v) is 7.92. The molecule has 0 aliphatic heterocycles. The van der Waals surface area contributed by atoms with Crippen LogP contribution >= 0.6 is 11.6 Å². The van der Waals surface area contributed by atoms with Crippen molar-refractivity contribution >= 4 is 29.2 Å². The molecular weight excluding hydrogens is 418 g/mol. The maximum absolute atomic E-state index is 12.4. The second-order valence-electron chi connectivity index (χ2n) is 7.48. The largest absolute Gasteiger partial charge is 0.476 e. The van der Waals surface area contributed by atoms with Crippen LogP contribution < -0.4 is 10.1 Å². The van der Waals surface area contributed by atoms with E-state index >= 15 is 0 Å². The molecule has 3 rings (SSSR count). The normalized spacial score (nSPS) is 11.1. The molecule has 1 amide bonds. The molecule has 1 N–H and O–H groups in total. The number of benzene rings is 2. The van der Waals surface area contributed by atoms with Crippen molar-refractivity contribution in [2.24, 2.45) is 0 Å². The number of anilines is 1. The molecule has 162 valence electrons. The van der Waals surface area contributed by atoms with Crippen molar-refractivity contribution in [3.8, 4) is 11.4 Å². The Labute approximate surface area is 185 Å². The van der Waals surface area contributed by atoms with Crippen molar-refractivity contribution in [1.29, 1.82) is 0 Å². The number of aromatic nitrogens is 2. The van der Waals surface area contributed by atoms with E-state index in [0.29, 0.717) is 22.2 Å². The van der Waals surface area contributed by atoms with Gasteiger partial charge in [0.25, 0.3) is 5.91 Å². The van der Waals surface area contributed by atoms with E-state index in [9.17, 15) is 9.59 Å². The number of para-hydroxylation sites is 1. The quantitative estimate of drug-likeness (QED) is 0.546. The lowest BCUT2D eigenvalue weighted by molar-refractivity contribution is -0.161. The summed E-state index contributed by atoms with van der Waals surface area (Å²) in [6, 6.07) is 16.2. The van der Waals surface area contributed by atoms with Crippen LogP contribution in [0.5, 0.6) is 5.75 Å². The average Bonchev–Trinajstić information content (AvgIpc) is 3.02. The van der Waals surface area contributed by atoms with Crippen molar-refractivity contribution in [3.05, 3.63) is 71.0 Å². The van der Waals surface area contributed by atoms with Gasteiger partial charge >= 0.3 is 5.97 Å². The van der Waals surface area contributed by atoms with E-state index in [-0.39, 0.29) is 0 Å². The van der Waals surface area contributed by atoms with Crippen molar-refractivity contribution in [2.45, 2.75) is 33.3 Å². The summed E-state index contributed by atoms with van der Waals surface area (Å²) in [4.78, 5) is 24.9. The van der Waals surface area contributed by atoms with Crippen LogP contribution in [0.15, 0.2) is 54.6 Å². The number of halogens is 1. The van der Waals surface area contributed by atoms with E-state index in [1.54, 1.807) is 49.7 Å². The summed E-state index contributed by atoms with van der Waals surface area (Å²) in [6.45, 7) is 6.36. The van der Waals surface area contributed by atoms with Gasteiger partial charge in [0.1, 0.15) is 5.75 Å². The molecule has 0 saturated carbocycles. The first-order valence-corrected chi connectivity index (χ1v) is 10.1. The van der Waals surface area contributed by atoms with Crippen LogP contribution in [0.2, 0.25) is 5.02 Å². The molecule has 0 aliphatic carbocycles. The van der Waals surface area contributed by atoms with Crippen molar-refractivity contribution in [1.82, 2.24) is 9.78 Å². The van der Waals surface area contributed by atoms with Crippen molar-refractivity contribution in [3.63, 3.8) is 0 Å². The van der Waals surface area contributed by atoms with Gasteiger partial charge in [-0.25, -0.2) is 9.48 Å². The number of carbonyl (C=O) groups is 2. The zero-order chi connectivity index (χ0) is 22.6. The number of ether oxygens (including phenoxy) is 2. The summed E-state index contributed by atoms with van der Waals surface area (Å²) in [7, 11) is 0. The maximum atomic E-state index is 12.4. The van der Waals surface area contributed by atoms with Gasteiger partial charge in [-0.3, -0.25) is 4.79 Å². The fourth-order valence-corrected chi connectivity index (χ4v) is 3.09. The molecule has 3 aromatic rings. The van der Waals surface area contributed by atoms with Gasteiger partial charge in [0.2, 0.25) is 0 Å². The zero-order valence-corrected chi connectivity index (χ0v) is 18.6. The third-order valence-electron chi connectivity index (χ3n) is 4.57. The van der Waals surface area contributed by atoms with E-state index in [2.05, 4.69) is 10.4 Å². The Morgan fingerprint density at radius 2 is 1.71 bits per heavy atom. The molecule has 8 heteroatoms. The summed E-state index contributed by atoms with van der Waals surface area (Å²) >= 11 is 5.86. The zero-order valence-electron chi connectivity index (χ0n) is 17.8. The molecule has 0 atom stereocenters. The topological polar surface area (TPSA) is 82.5 Å². The SMILES string of the molecule is Cc1nn(-c2ccccc2)c(C)c1NC(=O)COC(=O)C(C)(C)Oc1ccc(Cl)cc1. The Balaban J connectivity index is 1.60. The van der Waals surface area contributed by atoms with Crippen molar-refractivity contribution in [2.75, 3.05) is 11.9 Å². The lowest BCUT2D eigenvalue weighted by Crippen LogP contribution is -2.41. The number of rotatable bonds is 7. The minimum Gasteiger partial charge on any atom is -0.476 e. The predicted molar refractivity (Wildman–Crippen MR) is 119 cm³/mol. The van der Waals surface area contributed by atoms with Crippen molar-refractivity contribution < 1.29 is 19.1 Å². The molecule has 0 spiro atoms. The summed E-state index contributed by atoms with van der Waals surface area (Å²) < 4.78 is 12.6. The molecule has 0 fully saturated rings. The molecule has 0 unspecified atom stereocenters. The summed E-state index contributed by atoms with van der Waals surface area (Å²) in [5.41, 5.74) is 1.62. The van der Waals surface area contributed by atoms with E-state index in [1.807, 2.05) is 37.3 Å². The number of carbonyl (C=O) groups excluding carboxylic acids is 2. The van der Waals surface area contributed by atoms with Crippen LogP contribution in [0.1, 0.15) is 25.2 Å². The smallest absolute Gasteiger partial charge is 0.350 e. The first-order valence-electron chi connectivity index (χ1n) is 9.70. The number of hydrogen-bond acceptors (Lipinski definition) is 5. The van der Waals surface area contributed by atoms with Crippen LogP contribution in [-0.2, 0) is 14.3 Å². The van der Waals surface area contributed by atoms with E-state index in [1.165, 1.54) is 0 Å². The van der Waals surface area contributed by atoms with Crippen LogP contribution in [0.25, 0.3) is 5.69 Å². The number of aryl methyl sites for hydroxylation is 1. The molecule has 1 aromatic heterocycles. The first kappa shape index (κ1) is 22.4. The van der Waals surface area contributed by atoms with Gasteiger partial charge in [-0.15, -0.1) is 0 Å². The highest BCUT2D eigenvalue weighted by Crippen LogP contribution is 2.24. The second kappa shape index (κ2) is 9.22. The summed E-state index contributed by atoms with van der Waals surface area (Å²) in [5.74, 6) is -0.657. The highest BCUT2D eigenvalue weighted by Gasteiger charge is 2.32. The van der Waals surface area contributed by atoms with Crippen LogP contribution in [0.4, 0.5) is 5.69 Å². The summed E-state index contributed by atoms with van der Waals surface area (Å²) in [5, 5.41) is 7.82. The molecule has 7 nitrogen and oxygen atoms in total. The predicted octanol–water partition coefficient (Wildman–Crippen LogP) is 4.48. The van der Waals surface area contributed by atoms with E-state index < -0.39 is 24.1 Å². The van der Waals surface area contributed by atoms with E-state index in [4.69, 9.17) is 21.1 Å². The van der Waals surface area contributed by atoms with Gasteiger partial charge in [-0.2, -0.15) is 5.10 Å². The van der Waals surface area contributed by atoms with Gasteiger partial charge in [-0.05, 0) is 64.1 Å². The minimum atomic E-state index is -1.28. The molecule has 31 heavy (non-hydrogen) atoms. The number of hydrogen-bond donors (Lipinski definition) is 1. The van der Waals surface area contributed by atoms with Crippen LogP contribution in [-0.4, -0.2) is 33.9 Å². The lowest BCUT2D eigenvalue weighted by Gasteiger charge is -2.24. The highest BCUT2D eigenvalue weighted by molar-refractivity contribution is 6.30. The molecular formula is C23H24ClN3O4. The van der Waals surface area contributed by atoms with Gasteiger partial charge in [0.15, 0.2) is 12.2 Å². The molecule has 2 aromatic carbocycles. The fourth-order valence-electron chi connectivity index (χ4n) is 2.96. The Morgan fingerprint density at radius 3 is 2.35 bits per heavy atom. The number of nitrogens with zero attached hydrogens (tertiary/aromatic N) is 2. The number of esters is 1. The third-order valence-corrected chi connectivity index (χ3v) is 4.82. The molecule has 0 bridgehead atoms. The number of nitrogens with one attached hydrogen (secondary N) is 1. The number of amides is 1. The molecule has 1 heterocycles. The fraction of sp³-hybridized carbons (Fsp3) is 0.261.